The molecule has 2 N–H and O–H groups in total. The summed E-state index contributed by atoms with van der Waals surface area (Å²) < 4.78 is 72.6. The van der Waals surface area contributed by atoms with Crippen molar-refractivity contribution in [3.63, 3.8) is 0 Å². The third kappa shape index (κ3) is 3.28. The first kappa shape index (κ1) is 15.6. The fourth-order valence-electron chi connectivity index (χ4n) is 1.51. The Kier molecular flexibility index (Phi) is 3.62. The van der Waals surface area contributed by atoms with Crippen LogP contribution in [0.1, 0.15) is 0 Å². The zero-order valence-corrected chi connectivity index (χ0v) is 13.3. The van der Waals surface area contributed by atoms with E-state index in [-0.39, 0.29) is 16.4 Å². The Morgan fingerprint density at radius 3 is 1.90 bits per heavy atom. The van der Waals surface area contributed by atoms with E-state index in [1.165, 1.54) is 0 Å². The average molecular weight is 381 g/mol. The molecule has 1 aromatic rings. The molecule has 0 aromatic heterocycles. The Morgan fingerprint density at radius 2 is 1.45 bits per heavy atom. The summed E-state index contributed by atoms with van der Waals surface area (Å²) in [5, 5.41) is -1.54. The molecule has 0 spiro atoms. The quantitative estimate of drug-likeness (QED) is 0.691. The predicted molar refractivity (Wildman–Crippen MR) is 74.4 cm³/mol. The van der Waals surface area contributed by atoms with Crippen LogP contribution in [0, 0.1) is 0 Å². The summed E-state index contributed by atoms with van der Waals surface area (Å²) in [6.07, 6.45) is 0. The Hall–Kier alpha value is -0.750. The molecule has 20 heavy (non-hydrogen) atoms. The lowest BCUT2D eigenvalue weighted by molar-refractivity contribution is 0.594. The van der Waals surface area contributed by atoms with E-state index in [1.807, 2.05) is 9.44 Å². The van der Waals surface area contributed by atoms with E-state index < -0.39 is 39.1 Å². The van der Waals surface area contributed by atoms with Crippen molar-refractivity contribution >= 4 is 62.8 Å². The molecule has 1 heterocycles. The van der Waals surface area contributed by atoms with Crippen molar-refractivity contribution in [1.82, 2.24) is 0 Å². The fraction of sp³-hybridized carbons (Fsp3) is 0.143. The molecule has 8 nitrogen and oxygen atoms in total. The Balaban J connectivity index is 2.76. The molecule has 0 aliphatic carbocycles. The number of fused-ring (bicyclic) bond motifs is 1. The third-order valence-electron chi connectivity index (χ3n) is 2.18. The molecule has 0 fully saturated rings. The monoisotopic (exact) mass is 380 g/mol. The largest absolute Gasteiger partial charge is 0.280 e. The van der Waals surface area contributed by atoms with E-state index in [4.69, 9.17) is 22.3 Å². The molecule has 2 rings (SSSR count). The molecule has 0 atom stereocenters. The van der Waals surface area contributed by atoms with Crippen molar-refractivity contribution in [1.29, 1.82) is 0 Å². The second-order valence-electron chi connectivity index (χ2n) is 3.82. The standard InChI is InChI=1S/C7H6Cl2N2O6S3/c8-4-1-5-6(2-7(4)20(9,16)17)11-19(14,15)3-18(12,13)10-5/h1-2,10-11H,3H2. The van der Waals surface area contributed by atoms with Gasteiger partial charge in [-0.1, -0.05) is 11.6 Å². The van der Waals surface area contributed by atoms with Crippen molar-refractivity contribution in [3.05, 3.63) is 17.2 Å². The van der Waals surface area contributed by atoms with E-state index in [0.717, 1.165) is 12.1 Å². The van der Waals surface area contributed by atoms with E-state index in [1.54, 1.807) is 0 Å². The normalized spacial score (nSPS) is 20.1. The minimum atomic E-state index is -4.22. The molecule has 0 saturated carbocycles. The van der Waals surface area contributed by atoms with Crippen LogP contribution < -0.4 is 9.44 Å². The number of hydrogen-bond donors (Lipinski definition) is 2. The second kappa shape index (κ2) is 4.63. The van der Waals surface area contributed by atoms with Gasteiger partial charge in [-0.15, -0.1) is 0 Å². The van der Waals surface area contributed by atoms with Crippen LogP contribution in [0.25, 0.3) is 0 Å². The van der Waals surface area contributed by atoms with Gasteiger partial charge in [0.1, 0.15) is 4.90 Å². The Labute approximate surface area is 124 Å². The van der Waals surface area contributed by atoms with Gasteiger partial charge in [-0.25, -0.2) is 25.3 Å². The molecular weight excluding hydrogens is 375 g/mol. The highest BCUT2D eigenvalue weighted by molar-refractivity contribution is 8.13. The number of halogens is 2. The van der Waals surface area contributed by atoms with Crippen LogP contribution in [0.3, 0.4) is 0 Å². The lowest BCUT2D eigenvalue weighted by Gasteiger charge is -2.10. The summed E-state index contributed by atoms with van der Waals surface area (Å²) in [6.45, 7) is 0. The van der Waals surface area contributed by atoms with Gasteiger partial charge >= 0.3 is 0 Å². The van der Waals surface area contributed by atoms with Crippen LogP contribution in [0.4, 0.5) is 11.4 Å². The summed E-state index contributed by atoms with van der Waals surface area (Å²) in [5.74, 6) is 0. The molecule has 0 saturated heterocycles. The molecule has 0 radical (unpaired) electrons. The minimum Gasteiger partial charge on any atom is -0.280 e. The molecular formula is C7H6Cl2N2O6S3. The first-order valence-corrected chi connectivity index (χ1v) is 10.7. The summed E-state index contributed by atoms with van der Waals surface area (Å²) in [4.78, 5) is -0.539. The number of anilines is 2. The molecule has 13 heteroatoms. The van der Waals surface area contributed by atoms with Gasteiger partial charge in [0.2, 0.25) is 20.0 Å². The van der Waals surface area contributed by atoms with Gasteiger partial charge < -0.3 is 0 Å². The van der Waals surface area contributed by atoms with Gasteiger partial charge in [0, 0.05) is 10.7 Å². The van der Waals surface area contributed by atoms with E-state index in [0.29, 0.717) is 0 Å². The van der Waals surface area contributed by atoms with Crippen LogP contribution in [-0.4, -0.2) is 30.3 Å². The lowest BCUT2D eigenvalue weighted by Crippen LogP contribution is -2.23. The summed E-state index contributed by atoms with van der Waals surface area (Å²) in [5.41, 5.74) is -0.477. The number of nitrogens with one attached hydrogen (secondary N) is 2. The van der Waals surface area contributed by atoms with Gasteiger partial charge in [0.05, 0.1) is 16.4 Å². The molecule has 1 aliphatic rings. The van der Waals surface area contributed by atoms with Gasteiger partial charge in [-0.05, 0) is 12.1 Å². The van der Waals surface area contributed by atoms with Gasteiger partial charge in [-0.3, -0.25) is 9.44 Å². The van der Waals surface area contributed by atoms with Crippen LogP contribution in [0.15, 0.2) is 17.0 Å². The molecule has 1 aliphatic heterocycles. The zero-order chi connectivity index (χ0) is 15.3. The summed E-state index contributed by atoms with van der Waals surface area (Å²) >= 11 is 5.69. The molecule has 0 bridgehead atoms. The van der Waals surface area contributed by atoms with Crippen molar-refractivity contribution in [3.8, 4) is 0 Å². The zero-order valence-electron chi connectivity index (χ0n) is 9.29. The molecule has 112 valence electrons. The van der Waals surface area contributed by atoms with Crippen LogP contribution in [0.5, 0.6) is 0 Å². The number of rotatable bonds is 1. The highest BCUT2D eigenvalue weighted by Gasteiger charge is 2.30. The van der Waals surface area contributed by atoms with Crippen molar-refractivity contribution in [2.24, 2.45) is 0 Å². The first-order chi connectivity index (χ1) is 8.90. The van der Waals surface area contributed by atoms with Crippen LogP contribution in [-0.2, 0) is 29.1 Å². The highest BCUT2D eigenvalue weighted by Crippen LogP contribution is 2.36. The lowest BCUT2D eigenvalue weighted by atomic mass is 10.3. The minimum absolute atomic E-state index is 0.194. The predicted octanol–water partition coefficient (Wildman–Crippen LogP) is 0.722. The van der Waals surface area contributed by atoms with E-state index in [9.17, 15) is 25.3 Å². The van der Waals surface area contributed by atoms with Crippen LogP contribution >= 0.6 is 22.3 Å². The smallest absolute Gasteiger partial charge is 0.262 e. The van der Waals surface area contributed by atoms with Gasteiger partial charge in [0.25, 0.3) is 9.05 Å². The molecule has 1 aromatic carbocycles. The second-order valence-corrected chi connectivity index (χ2v) is 10.6. The maximum absolute atomic E-state index is 11.5. The SMILES string of the molecule is O=S1(=O)CS(=O)(=O)Nc2cc(S(=O)(=O)Cl)c(Cl)cc2N1. The maximum Gasteiger partial charge on any atom is 0.262 e. The van der Waals surface area contributed by atoms with Gasteiger partial charge in [0.15, 0.2) is 5.08 Å². The van der Waals surface area contributed by atoms with Crippen molar-refractivity contribution in [2.75, 3.05) is 14.5 Å². The number of hydrogen-bond acceptors (Lipinski definition) is 6. The maximum atomic E-state index is 11.5. The van der Waals surface area contributed by atoms with Crippen molar-refractivity contribution < 1.29 is 25.3 Å². The summed E-state index contributed by atoms with van der Waals surface area (Å²) in [7, 11) is -7.41. The molecule has 0 unspecified atom stereocenters. The Morgan fingerprint density at radius 1 is 1.00 bits per heavy atom. The van der Waals surface area contributed by atoms with E-state index in [2.05, 4.69) is 0 Å². The van der Waals surface area contributed by atoms with Crippen molar-refractivity contribution in [2.45, 2.75) is 4.90 Å². The number of sulfonamides is 2. The first-order valence-electron chi connectivity index (χ1n) is 4.69. The van der Waals surface area contributed by atoms with E-state index >= 15 is 0 Å². The highest BCUT2D eigenvalue weighted by atomic mass is 35.7. The third-order valence-corrected chi connectivity index (χ3v) is 7.51. The number of benzene rings is 1. The van der Waals surface area contributed by atoms with Crippen LogP contribution in [0.2, 0.25) is 5.02 Å². The average Bonchev–Trinajstić information content (AvgIpc) is 2.25. The molecule has 0 amide bonds. The topological polar surface area (TPSA) is 126 Å². The fourth-order valence-corrected chi connectivity index (χ4v) is 6.14. The summed E-state index contributed by atoms with van der Waals surface area (Å²) in [6, 6.07) is 1.79. The van der Waals surface area contributed by atoms with Gasteiger partial charge in [-0.2, -0.15) is 0 Å². The Bertz CT molecular complexity index is 891.